The minimum Gasteiger partial charge on any atom is -0.379 e. The van der Waals surface area contributed by atoms with Crippen molar-refractivity contribution in [3.63, 3.8) is 0 Å². The standard InChI is InChI=1S/C11H20N2O2/c1-11(3-2-4-15-8-11)13-7-9(6-12)5-10(13)14/h9H,2-8,12H2,1H3. The summed E-state index contributed by atoms with van der Waals surface area (Å²) in [5, 5.41) is 0. The Morgan fingerprint density at radius 1 is 1.67 bits per heavy atom. The van der Waals surface area contributed by atoms with Gasteiger partial charge in [0.2, 0.25) is 5.91 Å². The van der Waals surface area contributed by atoms with Crippen molar-refractivity contribution in [1.82, 2.24) is 4.90 Å². The van der Waals surface area contributed by atoms with Crippen LogP contribution in [0.1, 0.15) is 26.2 Å². The zero-order chi connectivity index (χ0) is 10.9. The summed E-state index contributed by atoms with van der Waals surface area (Å²) >= 11 is 0. The maximum atomic E-state index is 11.9. The SMILES string of the molecule is CC1(N2CC(CN)CC2=O)CCCOC1. The topological polar surface area (TPSA) is 55.6 Å². The third kappa shape index (κ3) is 2.01. The summed E-state index contributed by atoms with van der Waals surface area (Å²) < 4.78 is 5.49. The molecule has 2 rings (SSSR count). The summed E-state index contributed by atoms with van der Waals surface area (Å²) in [5.74, 6) is 0.592. The number of hydrogen-bond acceptors (Lipinski definition) is 3. The van der Waals surface area contributed by atoms with Crippen molar-refractivity contribution in [2.24, 2.45) is 11.7 Å². The van der Waals surface area contributed by atoms with Gasteiger partial charge >= 0.3 is 0 Å². The van der Waals surface area contributed by atoms with Crippen molar-refractivity contribution in [3.05, 3.63) is 0 Å². The minimum atomic E-state index is -0.0841. The predicted octanol–water partition coefficient (Wildman–Crippen LogP) is 0.363. The second-order valence-electron chi connectivity index (χ2n) is 4.96. The molecule has 0 spiro atoms. The highest BCUT2D eigenvalue weighted by atomic mass is 16.5. The summed E-state index contributed by atoms with van der Waals surface area (Å²) in [6.45, 7) is 5.06. The van der Waals surface area contributed by atoms with E-state index in [1.165, 1.54) is 0 Å². The lowest BCUT2D eigenvalue weighted by atomic mass is 9.93. The first-order chi connectivity index (χ1) is 7.15. The van der Waals surface area contributed by atoms with E-state index >= 15 is 0 Å². The minimum absolute atomic E-state index is 0.0841. The molecule has 4 heteroatoms. The number of carbonyl (C=O) groups is 1. The quantitative estimate of drug-likeness (QED) is 0.719. The van der Waals surface area contributed by atoms with Crippen molar-refractivity contribution in [2.75, 3.05) is 26.3 Å². The van der Waals surface area contributed by atoms with Gasteiger partial charge in [0.25, 0.3) is 0 Å². The molecule has 0 aromatic carbocycles. The van der Waals surface area contributed by atoms with Gasteiger partial charge in [-0.2, -0.15) is 0 Å². The Morgan fingerprint density at radius 3 is 3.00 bits per heavy atom. The van der Waals surface area contributed by atoms with E-state index in [1.54, 1.807) is 0 Å². The zero-order valence-electron chi connectivity index (χ0n) is 9.37. The Balaban J connectivity index is 2.06. The van der Waals surface area contributed by atoms with Crippen LogP contribution in [-0.2, 0) is 9.53 Å². The molecule has 86 valence electrons. The molecular weight excluding hydrogens is 192 g/mol. The average molecular weight is 212 g/mol. The fraction of sp³-hybridized carbons (Fsp3) is 0.909. The average Bonchev–Trinajstić information content (AvgIpc) is 2.61. The molecule has 0 aromatic heterocycles. The molecule has 1 amide bonds. The van der Waals surface area contributed by atoms with Crippen LogP contribution in [0.3, 0.4) is 0 Å². The molecule has 2 saturated heterocycles. The van der Waals surface area contributed by atoms with Crippen molar-refractivity contribution in [1.29, 1.82) is 0 Å². The highest BCUT2D eigenvalue weighted by Crippen LogP contribution is 2.31. The van der Waals surface area contributed by atoms with Crippen molar-refractivity contribution >= 4 is 5.91 Å². The molecule has 2 fully saturated rings. The van der Waals surface area contributed by atoms with E-state index in [0.29, 0.717) is 25.5 Å². The fourth-order valence-corrected chi connectivity index (χ4v) is 2.59. The second-order valence-corrected chi connectivity index (χ2v) is 4.96. The van der Waals surface area contributed by atoms with Gasteiger partial charge in [-0.3, -0.25) is 4.79 Å². The van der Waals surface area contributed by atoms with Gasteiger partial charge in [0, 0.05) is 19.6 Å². The van der Waals surface area contributed by atoms with Gasteiger partial charge in [-0.05, 0) is 32.2 Å². The molecule has 2 aliphatic heterocycles. The molecule has 0 saturated carbocycles. The highest BCUT2D eigenvalue weighted by molar-refractivity contribution is 5.79. The Morgan fingerprint density at radius 2 is 2.47 bits per heavy atom. The van der Waals surface area contributed by atoms with Crippen molar-refractivity contribution < 1.29 is 9.53 Å². The Hall–Kier alpha value is -0.610. The van der Waals surface area contributed by atoms with Crippen molar-refractivity contribution in [2.45, 2.75) is 31.7 Å². The van der Waals surface area contributed by atoms with E-state index in [2.05, 4.69) is 6.92 Å². The van der Waals surface area contributed by atoms with E-state index in [9.17, 15) is 4.79 Å². The summed E-state index contributed by atoms with van der Waals surface area (Å²) in [4.78, 5) is 13.9. The lowest BCUT2D eigenvalue weighted by Gasteiger charge is -2.41. The largest absolute Gasteiger partial charge is 0.379 e. The maximum absolute atomic E-state index is 11.9. The molecule has 15 heavy (non-hydrogen) atoms. The van der Waals surface area contributed by atoms with Gasteiger partial charge in [0.15, 0.2) is 0 Å². The number of carbonyl (C=O) groups excluding carboxylic acids is 1. The zero-order valence-corrected chi connectivity index (χ0v) is 9.37. The third-order valence-corrected chi connectivity index (χ3v) is 3.61. The molecular formula is C11H20N2O2. The van der Waals surface area contributed by atoms with Crippen LogP contribution in [0.2, 0.25) is 0 Å². The van der Waals surface area contributed by atoms with E-state index in [0.717, 1.165) is 26.0 Å². The first kappa shape index (κ1) is 10.9. The van der Waals surface area contributed by atoms with Gasteiger partial charge in [-0.1, -0.05) is 0 Å². The van der Waals surface area contributed by atoms with Crippen LogP contribution in [0.15, 0.2) is 0 Å². The van der Waals surface area contributed by atoms with Crippen LogP contribution in [0.25, 0.3) is 0 Å². The highest BCUT2D eigenvalue weighted by Gasteiger charge is 2.42. The lowest BCUT2D eigenvalue weighted by molar-refractivity contribution is -0.137. The monoisotopic (exact) mass is 212 g/mol. The molecule has 2 N–H and O–H groups in total. The normalized spacial score (nSPS) is 37.3. The molecule has 2 heterocycles. The van der Waals surface area contributed by atoms with Crippen LogP contribution in [-0.4, -0.2) is 42.6 Å². The molecule has 0 bridgehead atoms. The smallest absolute Gasteiger partial charge is 0.223 e. The Bertz CT molecular complexity index is 249. The van der Waals surface area contributed by atoms with E-state index < -0.39 is 0 Å². The fourth-order valence-electron chi connectivity index (χ4n) is 2.59. The first-order valence-electron chi connectivity index (χ1n) is 5.74. The number of amides is 1. The van der Waals surface area contributed by atoms with Gasteiger partial charge in [0.1, 0.15) is 0 Å². The molecule has 2 atom stereocenters. The van der Waals surface area contributed by atoms with Crippen LogP contribution in [0.4, 0.5) is 0 Å². The summed E-state index contributed by atoms with van der Waals surface area (Å²) in [7, 11) is 0. The van der Waals surface area contributed by atoms with Crippen LogP contribution < -0.4 is 5.73 Å². The number of nitrogens with two attached hydrogens (primary N) is 1. The number of rotatable bonds is 2. The number of likely N-dealkylation sites (tertiary alicyclic amines) is 1. The van der Waals surface area contributed by atoms with Crippen LogP contribution in [0, 0.1) is 5.92 Å². The summed E-state index contributed by atoms with van der Waals surface area (Å²) in [5.41, 5.74) is 5.54. The third-order valence-electron chi connectivity index (χ3n) is 3.61. The van der Waals surface area contributed by atoms with Gasteiger partial charge in [0.05, 0.1) is 12.1 Å². The maximum Gasteiger partial charge on any atom is 0.223 e. The van der Waals surface area contributed by atoms with Gasteiger partial charge in [-0.15, -0.1) is 0 Å². The summed E-state index contributed by atoms with van der Waals surface area (Å²) in [6, 6.07) is 0. The molecule has 0 radical (unpaired) electrons. The molecule has 2 unspecified atom stereocenters. The van der Waals surface area contributed by atoms with Crippen LogP contribution >= 0.6 is 0 Å². The van der Waals surface area contributed by atoms with Gasteiger partial charge < -0.3 is 15.4 Å². The summed E-state index contributed by atoms with van der Waals surface area (Å²) in [6.07, 6.45) is 2.72. The second kappa shape index (κ2) is 4.10. The van der Waals surface area contributed by atoms with E-state index in [1.807, 2.05) is 4.90 Å². The molecule has 2 aliphatic rings. The molecule has 4 nitrogen and oxygen atoms in total. The van der Waals surface area contributed by atoms with Crippen LogP contribution in [0.5, 0.6) is 0 Å². The van der Waals surface area contributed by atoms with Gasteiger partial charge in [-0.25, -0.2) is 0 Å². The van der Waals surface area contributed by atoms with E-state index in [4.69, 9.17) is 10.5 Å². The van der Waals surface area contributed by atoms with E-state index in [-0.39, 0.29) is 11.4 Å². The van der Waals surface area contributed by atoms with Crippen molar-refractivity contribution in [3.8, 4) is 0 Å². The molecule has 0 aromatic rings. The number of hydrogen-bond donors (Lipinski definition) is 1. The Kier molecular flexibility index (Phi) is 2.98. The Labute approximate surface area is 90.8 Å². The molecule has 0 aliphatic carbocycles. The number of ether oxygens (including phenoxy) is 1. The first-order valence-corrected chi connectivity index (χ1v) is 5.74. The predicted molar refractivity (Wildman–Crippen MR) is 57.3 cm³/mol. The lowest BCUT2D eigenvalue weighted by Crippen LogP contribution is -2.52. The number of nitrogens with zero attached hydrogens (tertiary/aromatic N) is 1.